The van der Waals surface area contributed by atoms with Gasteiger partial charge in [0.25, 0.3) is 0 Å². The zero-order valence-electron chi connectivity index (χ0n) is 14.0. The van der Waals surface area contributed by atoms with Crippen LogP contribution in [0.4, 0.5) is 9.59 Å². The van der Waals surface area contributed by atoms with E-state index in [0.29, 0.717) is 13.1 Å². The summed E-state index contributed by atoms with van der Waals surface area (Å²) in [4.78, 5) is 25.4. The van der Waals surface area contributed by atoms with Gasteiger partial charge in [-0.2, -0.15) is 0 Å². The van der Waals surface area contributed by atoms with E-state index >= 15 is 0 Å². The number of carbonyl (C=O) groups excluding carboxylic acids is 2. The smallest absolute Gasteiger partial charge is 0.410 e. The van der Waals surface area contributed by atoms with Gasteiger partial charge in [0.15, 0.2) is 0 Å². The Kier molecular flexibility index (Phi) is 5.48. The molecule has 0 aromatic heterocycles. The fourth-order valence-electron chi connectivity index (χ4n) is 2.12. The summed E-state index contributed by atoms with van der Waals surface area (Å²) in [5, 5.41) is 2.72. The van der Waals surface area contributed by atoms with Crippen molar-refractivity contribution in [1.29, 1.82) is 0 Å². The molecule has 21 heavy (non-hydrogen) atoms. The van der Waals surface area contributed by atoms with Crippen molar-refractivity contribution in [1.82, 2.24) is 10.2 Å². The number of alkyl carbamates (subject to hydrolysis) is 1. The lowest BCUT2D eigenvalue weighted by Crippen LogP contribution is -2.46. The van der Waals surface area contributed by atoms with Gasteiger partial charge in [0.05, 0.1) is 6.04 Å². The van der Waals surface area contributed by atoms with Crippen molar-refractivity contribution in [2.24, 2.45) is 0 Å². The summed E-state index contributed by atoms with van der Waals surface area (Å²) in [6.45, 7) is 12.0. The molecule has 1 heterocycles. The molecule has 0 aromatic carbocycles. The van der Waals surface area contributed by atoms with Gasteiger partial charge in [-0.3, -0.25) is 0 Å². The molecule has 0 saturated carbocycles. The van der Waals surface area contributed by atoms with Gasteiger partial charge in [-0.1, -0.05) is 0 Å². The first-order valence-corrected chi connectivity index (χ1v) is 7.44. The summed E-state index contributed by atoms with van der Waals surface area (Å²) >= 11 is 0. The molecule has 1 N–H and O–H groups in total. The first-order chi connectivity index (χ1) is 9.48. The third kappa shape index (κ3) is 6.69. The molecule has 1 aliphatic rings. The maximum Gasteiger partial charge on any atom is 0.410 e. The minimum Gasteiger partial charge on any atom is -0.444 e. The summed E-state index contributed by atoms with van der Waals surface area (Å²) in [7, 11) is 0. The summed E-state index contributed by atoms with van der Waals surface area (Å²) in [6, 6.07) is -0.0348. The van der Waals surface area contributed by atoms with Crippen LogP contribution in [0.5, 0.6) is 0 Å². The standard InChI is InChI=1S/C15H28N2O4/c1-14(2,3)20-12(18)16-10-11-8-7-9-17(11)13(19)21-15(4,5)6/h11H,7-10H2,1-6H3,(H,16,18)/t11-/m0/s1. The molecule has 1 fully saturated rings. The molecule has 1 aliphatic heterocycles. The third-order valence-corrected chi connectivity index (χ3v) is 2.89. The molecular weight excluding hydrogens is 272 g/mol. The molecule has 1 rings (SSSR count). The molecule has 0 spiro atoms. The van der Waals surface area contributed by atoms with Crippen LogP contribution in [0.15, 0.2) is 0 Å². The van der Waals surface area contributed by atoms with E-state index in [1.54, 1.807) is 4.90 Å². The number of amides is 2. The van der Waals surface area contributed by atoms with Crippen LogP contribution in [0.3, 0.4) is 0 Å². The SMILES string of the molecule is CC(C)(C)OC(=O)NC[C@@H]1CCCN1C(=O)OC(C)(C)C. The van der Waals surface area contributed by atoms with E-state index in [1.807, 2.05) is 41.5 Å². The van der Waals surface area contributed by atoms with Crippen molar-refractivity contribution in [2.45, 2.75) is 71.6 Å². The first-order valence-electron chi connectivity index (χ1n) is 7.44. The Morgan fingerprint density at radius 2 is 1.67 bits per heavy atom. The van der Waals surface area contributed by atoms with Gasteiger partial charge >= 0.3 is 12.2 Å². The van der Waals surface area contributed by atoms with Crippen molar-refractivity contribution < 1.29 is 19.1 Å². The summed E-state index contributed by atoms with van der Waals surface area (Å²) in [5.41, 5.74) is -1.03. The summed E-state index contributed by atoms with van der Waals surface area (Å²) in [6.07, 6.45) is 0.990. The minimum absolute atomic E-state index is 0.0348. The molecule has 1 saturated heterocycles. The van der Waals surface area contributed by atoms with Gasteiger partial charge in [-0.05, 0) is 54.4 Å². The maximum atomic E-state index is 12.1. The molecule has 0 unspecified atom stereocenters. The Balaban J connectivity index is 2.47. The second-order valence-corrected chi connectivity index (χ2v) is 7.35. The molecule has 0 bridgehead atoms. The number of nitrogens with zero attached hydrogens (tertiary/aromatic N) is 1. The lowest BCUT2D eigenvalue weighted by atomic mass is 10.2. The normalized spacial score (nSPS) is 19.3. The Labute approximate surface area is 127 Å². The Morgan fingerprint density at radius 3 is 2.19 bits per heavy atom. The monoisotopic (exact) mass is 300 g/mol. The minimum atomic E-state index is -0.523. The van der Waals surface area contributed by atoms with Crippen molar-refractivity contribution >= 4 is 12.2 Å². The van der Waals surface area contributed by atoms with E-state index in [2.05, 4.69) is 5.32 Å². The van der Waals surface area contributed by atoms with Crippen LogP contribution in [0.25, 0.3) is 0 Å². The third-order valence-electron chi connectivity index (χ3n) is 2.89. The Morgan fingerprint density at radius 1 is 1.10 bits per heavy atom. The topological polar surface area (TPSA) is 67.9 Å². The van der Waals surface area contributed by atoms with Gasteiger partial charge < -0.3 is 19.7 Å². The second-order valence-electron chi connectivity index (χ2n) is 7.35. The van der Waals surface area contributed by atoms with Gasteiger partial charge in [0.2, 0.25) is 0 Å². The molecule has 6 nitrogen and oxygen atoms in total. The molecule has 1 atom stereocenters. The van der Waals surface area contributed by atoms with E-state index in [4.69, 9.17) is 9.47 Å². The number of likely N-dealkylation sites (tertiary alicyclic amines) is 1. The molecule has 0 aromatic rings. The highest BCUT2D eigenvalue weighted by Crippen LogP contribution is 2.20. The highest BCUT2D eigenvalue weighted by molar-refractivity contribution is 5.70. The average Bonchev–Trinajstić information content (AvgIpc) is 2.69. The molecule has 2 amide bonds. The fourth-order valence-corrected chi connectivity index (χ4v) is 2.12. The summed E-state index contributed by atoms with van der Waals surface area (Å²) in [5.74, 6) is 0. The van der Waals surface area contributed by atoms with E-state index in [1.165, 1.54) is 0 Å². The molecule has 6 heteroatoms. The van der Waals surface area contributed by atoms with E-state index in [0.717, 1.165) is 12.8 Å². The van der Waals surface area contributed by atoms with Gasteiger partial charge in [-0.15, -0.1) is 0 Å². The number of carbonyl (C=O) groups is 2. The second kappa shape index (κ2) is 6.54. The number of nitrogens with one attached hydrogen (secondary N) is 1. The highest BCUT2D eigenvalue weighted by atomic mass is 16.6. The van der Waals surface area contributed by atoms with Crippen molar-refractivity contribution in [2.75, 3.05) is 13.1 Å². The highest BCUT2D eigenvalue weighted by Gasteiger charge is 2.32. The van der Waals surface area contributed by atoms with Gasteiger partial charge in [0.1, 0.15) is 11.2 Å². The van der Waals surface area contributed by atoms with Crippen LogP contribution in [-0.4, -0.2) is 47.4 Å². The fraction of sp³-hybridized carbons (Fsp3) is 0.867. The molecular formula is C15H28N2O4. The van der Waals surface area contributed by atoms with Gasteiger partial charge in [0, 0.05) is 13.1 Å². The zero-order chi connectivity index (χ0) is 16.3. The van der Waals surface area contributed by atoms with Crippen molar-refractivity contribution in [3.8, 4) is 0 Å². The predicted molar refractivity (Wildman–Crippen MR) is 80.2 cm³/mol. The number of hydrogen-bond donors (Lipinski definition) is 1. The van der Waals surface area contributed by atoms with Crippen LogP contribution in [0.2, 0.25) is 0 Å². The summed E-state index contributed by atoms with van der Waals surface area (Å²) < 4.78 is 10.6. The van der Waals surface area contributed by atoms with Crippen LogP contribution >= 0.6 is 0 Å². The van der Waals surface area contributed by atoms with Crippen LogP contribution < -0.4 is 5.32 Å². The van der Waals surface area contributed by atoms with E-state index in [-0.39, 0.29) is 12.1 Å². The molecule has 122 valence electrons. The molecule has 0 aliphatic carbocycles. The Bertz CT molecular complexity index is 382. The number of rotatable bonds is 2. The number of hydrogen-bond acceptors (Lipinski definition) is 4. The van der Waals surface area contributed by atoms with E-state index < -0.39 is 17.3 Å². The lowest BCUT2D eigenvalue weighted by molar-refractivity contribution is 0.0212. The average molecular weight is 300 g/mol. The van der Waals surface area contributed by atoms with Crippen molar-refractivity contribution in [3.63, 3.8) is 0 Å². The number of ether oxygens (including phenoxy) is 2. The van der Waals surface area contributed by atoms with Crippen molar-refractivity contribution in [3.05, 3.63) is 0 Å². The van der Waals surface area contributed by atoms with E-state index in [9.17, 15) is 9.59 Å². The maximum absolute atomic E-state index is 12.1. The van der Waals surface area contributed by atoms with Gasteiger partial charge in [-0.25, -0.2) is 9.59 Å². The quantitative estimate of drug-likeness (QED) is 0.851. The largest absolute Gasteiger partial charge is 0.444 e. The van der Waals surface area contributed by atoms with Crippen LogP contribution in [-0.2, 0) is 9.47 Å². The van der Waals surface area contributed by atoms with Crippen LogP contribution in [0, 0.1) is 0 Å². The van der Waals surface area contributed by atoms with Crippen LogP contribution in [0.1, 0.15) is 54.4 Å². The Hall–Kier alpha value is -1.46. The first kappa shape index (κ1) is 17.6. The predicted octanol–water partition coefficient (Wildman–Crippen LogP) is 2.91. The zero-order valence-corrected chi connectivity index (χ0v) is 14.0. The lowest BCUT2D eigenvalue weighted by Gasteiger charge is -2.29. The molecule has 0 radical (unpaired) electrons.